The van der Waals surface area contributed by atoms with Crippen molar-refractivity contribution in [2.45, 2.75) is 75.5 Å². The van der Waals surface area contributed by atoms with Crippen molar-refractivity contribution in [1.29, 1.82) is 0 Å². The second kappa shape index (κ2) is 11.5. The van der Waals surface area contributed by atoms with Crippen LogP contribution in [0.2, 0.25) is 0 Å². The Balaban J connectivity index is 0.00000256. The number of ether oxygens (including phenoxy) is 2. The maximum absolute atomic E-state index is 5.80. The molecule has 30 heavy (non-hydrogen) atoms. The van der Waals surface area contributed by atoms with Gasteiger partial charge < -0.3 is 9.47 Å². The van der Waals surface area contributed by atoms with Crippen LogP contribution in [0.5, 0.6) is 11.5 Å². The molecule has 164 valence electrons. The second-order valence-electron chi connectivity index (χ2n) is 8.55. The van der Waals surface area contributed by atoms with E-state index in [4.69, 9.17) is 9.47 Å². The molecule has 0 aliphatic heterocycles. The zero-order valence-corrected chi connectivity index (χ0v) is 21.0. The number of methoxy groups -OCH3 is 2. The van der Waals surface area contributed by atoms with Crippen LogP contribution in [0.1, 0.15) is 64.2 Å². The molecule has 2 aromatic rings. The van der Waals surface area contributed by atoms with Crippen LogP contribution in [0.25, 0.3) is 11.1 Å². The Bertz CT molecular complexity index is 755. The van der Waals surface area contributed by atoms with Crippen LogP contribution in [0, 0.1) is 0 Å². The van der Waals surface area contributed by atoms with Gasteiger partial charge in [-0.25, -0.2) is 0 Å². The Morgan fingerprint density at radius 2 is 1.17 bits per heavy atom. The lowest BCUT2D eigenvalue weighted by Crippen LogP contribution is -2.27. The summed E-state index contributed by atoms with van der Waals surface area (Å²) < 4.78 is 11.6. The van der Waals surface area contributed by atoms with Gasteiger partial charge in [0.25, 0.3) is 0 Å². The zero-order chi connectivity index (χ0) is 20.1. The lowest BCUT2D eigenvalue weighted by atomic mass is 9.99. The molecule has 4 rings (SSSR count). The molecule has 2 saturated carbocycles. The van der Waals surface area contributed by atoms with Crippen molar-refractivity contribution >= 4 is 23.1 Å². The van der Waals surface area contributed by atoms with E-state index in [2.05, 4.69) is 36.4 Å². The van der Waals surface area contributed by atoms with E-state index in [9.17, 15) is 0 Å². The van der Waals surface area contributed by atoms with E-state index in [0.29, 0.717) is 0 Å². The Labute approximate surface area is 187 Å². The van der Waals surface area contributed by atoms with Gasteiger partial charge >= 0.3 is 0 Å². The van der Waals surface area contributed by atoms with Crippen molar-refractivity contribution in [3.8, 4) is 22.6 Å². The van der Waals surface area contributed by atoms with E-state index in [-0.39, 0.29) is 17.8 Å². The van der Waals surface area contributed by atoms with E-state index >= 15 is 0 Å². The summed E-state index contributed by atoms with van der Waals surface area (Å²) >= 11 is 0. The van der Waals surface area contributed by atoms with Gasteiger partial charge in [0.15, 0.2) is 0 Å². The van der Waals surface area contributed by atoms with E-state index in [0.717, 1.165) is 28.4 Å². The number of hydrogen-bond donors (Lipinski definition) is 0. The first kappa shape index (κ1) is 23.6. The average Bonchev–Trinajstić information content (AvgIpc) is 2.80. The van der Waals surface area contributed by atoms with Gasteiger partial charge in [-0.2, -0.15) is 9.90 Å². The van der Waals surface area contributed by atoms with Gasteiger partial charge in [-0.1, -0.05) is 76.8 Å². The summed E-state index contributed by atoms with van der Waals surface area (Å²) in [7, 11) is 3.36. The molecule has 0 N–H and O–H groups in total. The van der Waals surface area contributed by atoms with Crippen LogP contribution < -0.4 is 14.8 Å². The molecule has 0 heterocycles. The van der Waals surface area contributed by atoms with Crippen LogP contribution in [0.15, 0.2) is 42.5 Å². The smallest absolute Gasteiger partial charge is 0.130 e. The molecule has 1 atom stereocenters. The minimum Gasteiger partial charge on any atom is -0.496 e. The minimum atomic E-state index is -0.182. The predicted octanol–water partition coefficient (Wildman–Crippen LogP) is 7.20. The summed E-state index contributed by atoms with van der Waals surface area (Å²) in [5.74, 6) is 1.83. The second-order valence-corrected chi connectivity index (χ2v) is 11.3. The molecule has 1 unspecified atom stereocenters. The standard InChI is InChI=1S/C26H35O2P.H3P/c1-27-23-17-11-18-24(28-2)26(23)22-16-9-10-19-25(22)29(20-12-5-3-6-13-20)21-14-7-4-8-15-21;/h9-11,16-21H,3-8,12-15H2,1-2H3;1H3. The van der Waals surface area contributed by atoms with Gasteiger partial charge in [-0.15, -0.1) is 0 Å². The van der Waals surface area contributed by atoms with Gasteiger partial charge in [0.05, 0.1) is 19.8 Å². The fourth-order valence-electron chi connectivity index (χ4n) is 5.44. The summed E-state index contributed by atoms with van der Waals surface area (Å²) in [6, 6.07) is 15.3. The first-order valence-corrected chi connectivity index (χ1v) is 12.9. The third kappa shape index (κ3) is 5.03. The monoisotopic (exact) mass is 444 g/mol. The topological polar surface area (TPSA) is 18.5 Å². The van der Waals surface area contributed by atoms with Crippen molar-refractivity contribution in [1.82, 2.24) is 0 Å². The van der Waals surface area contributed by atoms with Crippen LogP contribution in [-0.4, -0.2) is 25.5 Å². The van der Waals surface area contributed by atoms with Crippen LogP contribution >= 0.6 is 17.8 Å². The van der Waals surface area contributed by atoms with Gasteiger partial charge in [-0.3, -0.25) is 0 Å². The highest BCUT2D eigenvalue weighted by Gasteiger charge is 2.34. The van der Waals surface area contributed by atoms with Gasteiger partial charge in [0, 0.05) is 0 Å². The van der Waals surface area contributed by atoms with Crippen LogP contribution in [0.4, 0.5) is 0 Å². The molecule has 0 amide bonds. The predicted molar refractivity (Wildman–Crippen MR) is 136 cm³/mol. The molecule has 0 radical (unpaired) electrons. The number of hydrogen-bond acceptors (Lipinski definition) is 2. The van der Waals surface area contributed by atoms with Crippen molar-refractivity contribution in [2.24, 2.45) is 0 Å². The summed E-state index contributed by atoms with van der Waals surface area (Å²) in [6.07, 6.45) is 14.2. The highest BCUT2D eigenvalue weighted by atomic mass is 31.1. The fraction of sp³-hybridized carbons (Fsp3) is 0.538. The molecule has 2 aliphatic rings. The Morgan fingerprint density at radius 1 is 0.667 bits per heavy atom. The quantitative estimate of drug-likeness (QED) is 0.439. The fourth-order valence-corrected chi connectivity index (χ4v) is 9.39. The molecule has 0 saturated heterocycles. The van der Waals surface area contributed by atoms with Gasteiger partial charge in [0.2, 0.25) is 0 Å². The van der Waals surface area contributed by atoms with Crippen LogP contribution in [-0.2, 0) is 0 Å². The first-order valence-electron chi connectivity index (χ1n) is 11.4. The van der Waals surface area contributed by atoms with Gasteiger partial charge in [0.1, 0.15) is 11.5 Å². The molecular weight excluding hydrogens is 406 g/mol. The molecule has 0 bridgehead atoms. The highest BCUT2D eigenvalue weighted by Crippen LogP contribution is 2.57. The molecule has 2 aliphatic carbocycles. The molecule has 2 fully saturated rings. The van der Waals surface area contributed by atoms with Crippen molar-refractivity contribution in [3.05, 3.63) is 42.5 Å². The third-order valence-electron chi connectivity index (χ3n) is 6.82. The minimum absolute atomic E-state index is 0. The Kier molecular flexibility index (Phi) is 9.03. The molecular formula is C26H38O2P2. The zero-order valence-electron chi connectivity index (χ0n) is 18.7. The van der Waals surface area contributed by atoms with Crippen molar-refractivity contribution in [2.75, 3.05) is 14.2 Å². The summed E-state index contributed by atoms with van der Waals surface area (Å²) in [6.45, 7) is 0. The van der Waals surface area contributed by atoms with Gasteiger partial charge in [-0.05, 0) is 60.0 Å². The average molecular weight is 445 g/mol. The normalized spacial score (nSPS) is 18.1. The molecule has 2 aromatic carbocycles. The van der Waals surface area contributed by atoms with E-state index in [1.54, 1.807) is 19.5 Å². The Morgan fingerprint density at radius 3 is 1.67 bits per heavy atom. The highest BCUT2D eigenvalue weighted by molar-refractivity contribution is 7.67. The first-order chi connectivity index (χ1) is 14.3. The molecule has 0 aromatic heterocycles. The number of rotatable bonds is 6. The Hall–Kier alpha value is -1.10. The lowest BCUT2D eigenvalue weighted by molar-refractivity contribution is 0.397. The SMILES string of the molecule is COc1cccc(OC)c1-c1ccccc1P(C1CCCCC1)C1CCCCC1.P. The lowest BCUT2D eigenvalue weighted by Gasteiger charge is -2.39. The number of benzene rings is 2. The van der Waals surface area contributed by atoms with Crippen molar-refractivity contribution in [3.63, 3.8) is 0 Å². The van der Waals surface area contributed by atoms with E-state index < -0.39 is 0 Å². The maximum Gasteiger partial charge on any atom is 0.130 e. The summed E-state index contributed by atoms with van der Waals surface area (Å²) in [5.41, 5.74) is 4.23. The maximum atomic E-state index is 5.80. The summed E-state index contributed by atoms with van der Waals surface area (Å²) in [5, 5.41) is 1.59. The largest absolute Gasteiger partial charge is 0.496 e. The third-order valence-corrected chi connectivity index (χ3v) is 10.4. The molecule has 2 nitrogen and oxygen atoms in total. The molecule has 4 heteroatoms. The van der Waals surface area contributed by atoms with Crippen molar-refractivity contribution < 1.29 is 9.47 Å². The van der Waals surface area contributed by atoms with E-state index in [1.807, 2.05) is 6.07 Å². The molecule has 0 spiro atoms. The van der Waals surface area contributed by atoms with E-state index in [1.165, 1.54) is 69.8 Å². The van der Waals surface area contributed by atoms with Crippen LogP contribution in [0.3, 0.4) is 0 Å². The summed E-state index contributed by atoms with van der Waals surface area (Å²) in [4.78, 5) is 0.